The van der Waals surface area contributed by atoms with E-state index in [4.69, 9.17) is 23.0 Å². The first-order chi connectivity index (χ1) is 15.8. The van der Waals surface area contributed by atoms with Crippen LogP contribution in [-0.2, 0) is 24.7 Å². The molecule has 0 N–H and O–H groups in total. The first kappa shape index (κ1) is 24.7. The summed E-state index contributed by atoms with van der Waals surface area (Å²) < 4.78 is 53.5. The lowest BCUT2D eigenvalue weighted by molar-refractivity contribution is 0.0761. The highest BCUT2D eigenvalue weighted by atomic mass is 31.2. The molecule has 3 rings (SSSR count). The predicted molar refractivity (Wildman–Crippen MR) is 120 cm³/mol. The highest BCUT2D eigenvalue weighted by molar-refractivity contribution is 7.49. The fraction of sp³-hybridized carbons (Fsp3) is 0.364. The molecule has 0 atom stereocenters. The van der Waals surface area contributed by atoms with E-state index in [1.165, 1.54) is 31.3 Å². The topological polar surface area (TPSA) is 95.9 Å². The van der Waals surface area contributed by atoms with Gasteiger partial charge in [-0.15, -0.1) is 0 Å². The Morgan fingerprint density at radius 1 is 1.06 bits per heavy atom. The Labute approximate surface area is 191 Å². The van der Waals surface area contributed by atoms with Gasteiger partial charge in [-0.25, -0.2) is 13.9 Å². The molecule has 9 nitrogen and oxygen atoms in total. The highest BCUT2D eigenvalue weighted by Crippen LogP contribution is 2.50. The summed E-state index contributed by atoms with van der Waals surface area (Å²) in [6.07, 6.45) is 0. The van der Waals surface area contributed by atoms with Crippen molar-refractivity contribution in [3.05, 3.63) is 53.3 Å². The van der Waals surface area contributed by atoms with Crippen molar-refractivity contribution in [2.75, 3.05) is 34.0 Å². The van der Waals surface area contributed by atoms with Crippen molar-refractivity contribution in [2.24, 2.45) is 4.99 Å². The Morgan fingerprint density at radius 3 is 2.42 bits per heavy atom. The fourth-order valence-corrected chi connectivity index (χ4v) is 4.42. The van der Waals surface area contributed by atoms with Gasteiger partial charge in [0.1, 0.15) is 17.3 Å². The van der Waals surface area contributed by atoms with Gasteiger partial charge in [-0.2, -0.15) is 0 Å². The molecule has 1 aliphatic heterocycles. The van der Waals surface area contributed by atoms with E-state index in [0.29, 0.717) is 17.1 Å². The monoisotopic (exact) mass is 480 g/mol. The number of phosphoric ester groups is 1. The maximum Gasteiger partial charge on any atom is 0.531 e. The standard InChI is InChI=1S/C22H26FN2O7P/c1-5-30-33(27,31-6-2)32-21-14-25(13-15-7-9-17(28-3)12-20(15)29-4)22(26)18-11-16(23)8-10-19(18)24-21/h7-12H,5-6,13-14H2,1-4H3. The molecule has 0 radical (unpaired) electrons. The number of hydrogen-bond acceptors (Lipinski definition) is 8. The maximum absolute atomic E-state index is 14.0. The molecule has 178 valence electrons. The second kappa shape index (κ2) is 10.8. The lowest BCUT2D eigenvalue weighted by Gasteiger charge is -2.24. The van der Waals surface area contributed by atoms with E-state index >= 15 is 0 Å². The Balaban J connectivity index is 2.00. The molecule has 1 aliphatic rings. The molecule has 11 heteroatoms. The van der Waals surface area contributed by atoms with Gasteiger partial charge in [0.2, 0.25) is 5.90 Å². The molecule has 0 bridgehead atoms. The lowest BCUT2D eigenvalue weighted by Crippen LogP contribution is -2.34. The number of benzene rings is 2. The van der Waals surface area contributed by atoms with Crippen LogP contribution in [0.5, 0.6) is 11.5 Å². The summed E-state index contributed by atoms with van der Waals surface area (Å²) in [5.74, 6) is -0.0403. The Morgan fingerprint density at radius 2 is 1.79 bits per heavy atom. The van der Waals surface area contributed by atoms with Crippen LogP contribution in [0.2, 0.25) is 0 Å². The van der Waals surface area contributed by atoms with Gasteiger partial charge in [-0.05, 0) is 44.2 Å². The predicted octanol–water partition coefficient (Wildman–Crippen LogP) is 4.73. The minimum absolute atomic E-state index is 0.0451. The van der Waals surface area contributed by atoms with Crippen LogP contribution in [-0.4, -0.2) is 50.7 Å². The number of aliphatic imine (C=N–C) groups is 1. The quantitative estimate of drug-likeness (QED) is 0.479. The number of phosphoric acid groups is 1. The Hall–Kier alpha value is -2.94. The maximum atomic E-state index is 14.0. The molecule has 2 aromatic rings. The summed E-state index contributed by atoms with van der Waals surface area (Å²) in [5.41, 5.74) is 0.896. The van der Waals surface area contributed by atoms with Crippen LogP contribution in [0.4, 0.5) is 10.1 Å². The Kier molecular flexibility index (Phi) is 8.07. The molecule has 0 fully saturated rings. The number of methoxy groups -OCH3 is 2. The van der Waals surface area contributed by atoms with Crippen molar-refractivity contribution < 1.29 is 36.8 Å². The number of fused-ring (bicyclic) bond motifs is 1. The number of ether oxygens (including phenoxy) is 2. The molecular weight excluding hydrogens is 454 g/mol. The zero-order valence-corrected chi connectivity index (χ0v) is 19.8. The SMILES string of the molecule is CCOP(=O)(OCC)OC1=Nc2ccc(F)cc2C(=O)N(Cc2ccc(OC)cc2OC)C1. The van der Waals surface area contributed by atoms with E-state index in [1.807, 2.05) is 0 Å². The molecule has 1 amide bonds. The van der Waals surface area contributed by atoms with Gasteiger partial charge in [-0.3, -0.25) is 13.8 Å². The average molecular weight is 480 g/mol. The molecule has 0 aromatic heterocycles. The number of carbonyl (C=O) groups is 1. The van der Waals surface area contributed by atoms with E-state index in [1.54, 1.807) is 32.0 Å². The normalized spacial score (nSPS) is 13.8. The van der Waals surface area contributed by atoms with E-state index < -0.39 is 19.5 Å². The van der Waals surface area contributed by atoms with E-state index in [9.17, 15) is 13.8 Å². The molecule has 0 saturated heterocycles. The van der Waals surface area contributed by atoms with Crippen LogP contribution in [0, 0.1) is 5.82 Å². The molecule has 1 heterocycles. The second-order valence-electron chi connectivity index (χ2n) is 6.88. The smallest absolute Gasteiger partial charge is 0.497 e. The van der Waals surface area contributed by atoms with Crippen molar-refractivity contribution >= 4 is 25.3 Å². The average Bonchev–Trinajstić information content (AvgIpc) is 2.90. The van der Waals surface area contributed by atoms with Gasteiger partial charge >= 0.3 is 7.82 Å². The second-order valence-corrected chi connectivity index (χ2v) is 8.47. The fourth-order valence-electron chi connectivity index (χ4n) is 3.25. The van der Waals surface area contributed by atoms with Crippen LogP contribution in [0.1, 0.15) is 29.8 Å². The van der Waals surface area contributed by atoms with E-state index in [2.05, 4.69) is 4.99 Å². The van der Waals surface area contributed by atoms with Crippen molar-refractivity contribution in [1.29, 1.82) is 0 Å². The summed E-state index contributed by atoms with van der Waals surface area (Å²) in [5, 5.41) is 0. The third kappa shape index (κ3) is 5.90. The first-order valence-corrected chi connectivity index (χ1v) is 11.7. The van der Waals surface area contributed by atoms with Gasteiger partial charge in [-0.1, -0.05) is 0 Å². The molecule has 0 spiro atoms. The van der Waals surface area contributed by atoms with Gasteiger partial charge in [0, 0.05) is 11.6 Å². The van der Waals surface area contributed by atoms with Crippen LogP contribution in [0.25, 0.3) is 0 Å². The molecular formula is C22H26FN2O7P. The number of rotatable bonds is 9. The number of halogens is 1. The molecule has 0 saturated carbocycles. The summed E-state index contributed by atoms with van der Waals surface area (Å²) in [6.45, 7) is 3.38. The van der Waals surface area contributed by atoms with Gasteiger partial charge in [0.05, 0.1) is 51.8 Å². The van der Waals surface area contributed by atoms with Crippen molar-refractivity contribution in [2.45, 2.75) is 20.4 Å². The number of carbonyl (C=O) groups excluding carboxylic acids is 1. The number of nitrogens with zero attached hydrogens (tertiary/aromatic N) is 2. The third-order valence-electron chi connectivity index (χ3n) is 4.69. The van der Waals surface area contributed by atoms with Crippen molar-refractivity contribution in [3.63, 3.8) is 0 Å². The summed E-state index contributed by atoms with van der Waals surface area (Å²) in [7, 11) is -0.929. The summed E-state index contributed by atoms with van der Waals surface area (Å²) >= 11 is 0. The van der Waals surface area contributed by atoms with Crippen LogP contribution in [0.15, 0.2) is 41.4 Å². The number of hydrogen-bond donors (Lipinski definition) is 0. The van der Waals surface area contributed by atoms with E-state index in [0.717, 1.165) is 6.07 Å². The summed E-state index contributed by atoms with van der Waals surface area (Å²) in [4.78, 5) is 19.0. The first-order valence-electron chi connectivity index (χ1n) is 10.3. The molecule has 0 aliphatic carbocycles. The molecule has 0 unspecified atom stereocenters. The lowest BCUT2D eigenvalue weighted by atomic mass is 10.1. The van der Waals surface area contributed by atoms with Crippen LogP contribution in [0.3, 0.4) is 0 Å². The van der Waals surface area contributed by atoms with Crippen LogP contribution >= 0.6 is 7.82 Å². The van der Waals surface area contributed by atoms with Crippen LogP contribution < -0.4 is 9.47 Å². The van der Waals surface area contributed by atoms with Crippen molar-refractivity contribution in [3.8, 4) is 11.5 Å². The van der Waals surface area contributed by atoms with Gasteiger partial charge in [0.15, 0.2) is 0 Å². The minimum Gasteiger partial charge on any atom is -0.497 e. The Bertz CT molecular complexity index is 1080. The van der Waals surface area contributed by atoms with Gasteiger partial charge in [0.25, 0.3) is 5.91 Å². The number of amides is 1. The van der Waals surface area contributed by atoms with Crippen molar-refractivity contribution in [1.82, 2.24) is 4.90 Å². The minimum atomic E-state index is -3.97. The largest absolute Gasteiger partial charge is 0.531 e. The summed E-state index contributed by atoms with van der Waals surface area (Å²) in [6, 6.07) is 8.82. The molecule has 2 aromatic carbocycles. The third-order valence-corrected chi connectivity index (χ3v) is 6.28. The zero-order valence-electron chi connectivity index (χ0n) is 18.9. The van der Waals surface area contributed by atoms with E-state index in [-0.39, 0.29) is 43.5 Å². The van der Waals surface area contributed by atoms with Gasteiger partial charge < -0.3 is 18.9 Å². The molecule has 33 heavy (non-hydrogen) atoms. The zero-order chi connectivity index (χ0) is 24.0. The highest BCUT2D eigenvalue weighted by Gasteiger charge is 2.33.